The van der Waals surface area contributed by atoms with E-state index < -0.39 is 18.3 Å². The zero-order valence-corrected chi connectivity index (χ0v) is 15.2. The van der Waals surface area contributed by atoms with Gasteiger partial charge in [0.15, 0.2) is 0 Å². The van der Waals surface area contributed by atoms with E-state index in [4.69, 9.17) is 14.0 Å². The topological polar surface area (TPSA) is 44.8 Å². The average Bonchev–Trinajstić information content (AvgIpc) is 3.09. The number of esters is 1. The molecule has 1 fully saturated rings. The number of carbonyl (C=O) groups excluding carboxylic acids is 1. The molecule has 1 aliphatic rings. The highest BCUT2D eigenvalue weighted by Crippen LogP contribution is 2.36. The van der Waals surface area contributed by atoms with Crippen molar-refractivity contribution in [3.8, 4) is 0 Å². The second-order valence-corrected chi connectivity index (χ2v) is 7.81. The van der Waals surface area contributed by atoms with Crippen molar-refractivity contribution < 1.29 is 18.8 Å². The van der Waals surface area contributed by atoms with E-state index in [1.165, 1.54) is 11.3 Å². The van der Waals surface area contributed by atoms with E-state index in [9.17, 15) is 4.79 Å². The fourth-order valence-corrected chi connectivity index (χ4v) is 3.16. The third-order valence-corrected chi connectivity index (χ3v) is 5.49. The van der Waals surface area contributed by atoms with Crippen LogP contribution in [0.4, 0.5) is 0 Å². The minimum absolute atomic E-state index is 0.267. The van der Waals surface area contributed by atoms with Crippen LogP contribution in [0.25, 0.3) is 0 Å². The summed E-state index contributed by atoms with van der Waals surface area (Å²) in [4.78, 5) is 12.8. The zero-order chi connectivity index (χ0) is 17.4. The van der Waals surface area contributed by atoms with Gasteiger partial charge in [-0.05, 0) is 50.2 Å². The summed E-state index contributed by atoms with van der Waals surface area (Å²) in [5.74, 6) is -0.327. The number of benzene rings is 1. The van der Waals surface area contributed by atoms with Gasteiger partial charge < -0.3 is 14.0 Å². The van der Waals surface area contributed by atoms with Crippen molar-refractivity contribution in [2.75, 3.05) is 0 Å². The van der Waals surface area contributed by atoms with Gasteiger partial charge >= 0.3 is 13.1 Å². The smallest absolute Gasteiger partial charge is 0.457 e. The van der Waals surface area contributed by atoms with Crippen molar-refractivity contribution in [2.24, 2.45) is 0 Å². The molecule has 0 aliphatic carbocycles. The highest BCUT2D eigenvalue weighted by atomic mass is 32.1. The average molecular weight is 344 g/mol. The highest BCUT2D eigenvalue weighted by Gasteiger charge is 2.52. The van der Waals surface area contributed by atoms with Crippen LogP contribution in [0, 0.1) is 0 Å². The quantitative estimate of drug-likeness (QED) is 0.630. The van der Waals surface area contributed by atoms with Crippen LogP contribution in [0.15, 0.2) is 41.8 Å². The molecule has 4 nitrogen and oxygen atoms in total. The van der Waals surface area contributed by atoms with Crippen molar-refractivity contribution in [3.63, 3.8) is 0 Å². The maximum absolute atomic E-state index is 12.2. The van der Waals surface area contributed by atoms with Crippen molar-refractivity contribution in [1.29, 1.82) is 0 Å². The number of hydrogen-bond donors (Lipinski definition) is 0. The molecule has 0 radical (unpaired) electrons. The Balaban J connectivity index is 1.64. The summed E-state index contributed by atoms with van der Waals surface area (Å²) in [6.07, 6.45) is 0. The molecular formula is C18H21BO4S. The van der Waals surface area contributed by atoms with Crippen LogP contribution in [0.3, 0.4) is 0 Å². The van der Waals surface area contributed by atoms with E-state index in [2.05, 4.69) is 0 Å². The predicted octanol–water partition coefficient (Wildman–Crippen LogP) is 3.40. The Morgan fingerprint density at radius 2 is 1.75 bits per heavy atom. The van der Waals surface area contributed by atoms with Crippen molar-refractivity contribution in [3.05, 3.63) is 52.2 Å². The third kappa shape index (κ3) is 3.41. The van der Waals surface area contributed by atoms with Gasteiger partial charge in [0.25, 0.3) is 0 Å². The number of carbonyl (C=O) groups is 1. The molecule has 0 bridgehead atoms. The Labute approximate surface area is 146 Å². The van der Waals surface area contributed by atoms with Crippen LogP contribution in [0.2, 0.25) is 0 Å². The minimum Gasteiger partial charge on any atom is -0.457 e. The maximum Gasteiger partial charge on any atom is 0.495 e. The molecule has 2 aromatic rings. The largest absolute Gasteiger partial charge is 0.495 e. The molecule has 0 N–H and O–H groups in total. The Bertz CT molecular complexity index is 708. The molecule has 2 heterocycles. The van der Waals surface area contributed by atoms with Crippen LogP contribution in [0.5, 0.6) is 0 Å². The molecule has 24 heavy (non-hydrogen) atoms. The van der Waals surface area contributed by atoms with Crippen molar-refractivity contribution in [1.82, 2.24) is 0 Å². The first kappa shape index (κ1) is 17.2. The lowest BCUT2D eigenvalue weighted by Gasteiger charge is -2.32. The van der Waals surface area contributed by atoms with Gasteiger partial charge in [0, 0.05) is 0 Å². The van der Waals surface area contributed by atoms with E-state index in [1.807, 2.05) is 63.4 Å². The first-order valence-corrected chi connectivity index (χ1v) is 8.81. The summed E-state index contributed by atoms with van der Waals surface area (Å²) in [7, 11) is -0.457. The Kier molecular flexibility index (Phi) is 4.55. The molecular weight excluding hydrogens is 323 g/mol. The standard InChI is InChI=1S/C18H21BO4S/c1-17(2)18(3,4)23-19(22-17)14-10-15(24-12-14)16(20)21-11-13-8-6-5-7-9-13/h5-10,12H,11H2,1-4H3. The van der Waals surface area contributed by atoms with Gasteiger partial charge in [0.2, 0.25) is 0 Å². The SMILES string of the molecule is CC1(C)OB(c2csc(C(=O)OCc3ccccc3)c2)OC1(C)C. The number of rotatable bonds is 4. The molecule has 1 aliphatic heterocycles. The highest BCUT2D eigenvalue weighted by molar-refractivity contribution is 7.13. The van der Waals surface area contributed by atoms with Crippen LogP contribution < -0.4 is 5.46 Å². The third-order valence-electron chi connectivity index (χ3n) is 4.56. The van der Waals surface area contributed by atoms with Gasteiger partial charge in [-0.1, -0.05) is 30.3 Å². The second-order valence-electron chi connectivity index (χ2n) is 6.89. The molecule has 0 saturated carbocycles. The van der Waals surface area contributed by atoms with E-state index in [1.54, 1.807) is 6.07 Å². The van der Waals surface area contributed by atoms with Crippen LogP contribution >= 0.6 is 11.3 Å². The van der Waals surface area contributed by atoms with Crippen LogP contribution in [-0.2, 0) is 20.7 Å². The molecule has 0 unspecified atom stereocenters. The van der Waals surface area contributed by atoms with E-state index in [0.717, 1.165) is 11.0 Å². The number of ether oxygens (including phenoxy) is 1. The van der Waals surface area contributed by atoms with Crippen LogP contribution in [0.1, 0.15) is 42.9 Å². The van der Waals surface area contributed by atoms with Gasteiger partial charge in [-0.3, -0.25) is 0 Å². The van der Waals surface area contributed by atoms with Crippen LogP contribution in [-0.4, -0.2) is 24.3 Å². The summed E-state index contributed by atoms with van der Waals surface area (Å²) in [6.45, 7) is 8.30. The molecule has 1 aromatic heterocycles. The molecule has 0 amide bonds. The molecule has 1 saturated heterocycles. The minimum atomic E-state index is -0.457. The summed E-state index contributed by atoms with van der Waals surface area (Å²) in [5, 5.41) is 1.89. The lowest BCUT2D eigenvalue weighted by atomic mass is 9.81. The predicted molar refractivity (Wildman–Crippen MR) is 95.6 cm³/mol. The number of hydrogen-bond acceptors (Lipinski definition) is 5. The second kappa shape index (κ2) is 6.35. The molecule has 1 aromatic carbocycles. The molecule has 0 spiro atoms. The Morgan fingerprint density at radius 3 is 2.38 bits per heavy atom. The fourth-order valence-electron chi connectivity index (χ4n) is 2.35. The van der Waals surface area contributed by atoms with E-state index in [0.29, 0.717) is 4.88 Å². The fraction of sp³-hybridized carbons (Fsp3) is 0.389. The van der Waals surface area contributed by atoms with E-state index in [-0.39, 0.29) is 12.6 Å². The lowest BCUT2D eigenvalue weighted by molar-refractivity contribution is 0.00578. The molecule has 3 rings (SSSR count). The first-order chi connectivity index (χ1) is 11.3. The molecule has 126 valence electrons. The van der Waals surface area contributed by atoms with Gasteiger partial charge in [0.1, 0.15) is 11.5 Å². The monoisotopic (exact) mass is 344 g/mol. The van der Waals surface area contributed by atoms with Gasteiger partial charge in [-0.15, -0.1) is 11.3 Å². The Hall–Kier alpha value is -1.63. The zero-order valence-electron chi connectivity index (χ0n) is 14.4. The summed E-state index contributed by atoms with van der Waals surface area (Å²) < 4.78 is 17.4. The van der Waals surface area contributed by atoms with Gasteiger partial charge in [-0.2, -0.15) is 0 Å². The Morgan fingerprint density at radius 1 is 1.12 bits per heavy atom. The normalized spacial score (nSPS) is 18.6. The van der Waals surface area contributed by atoms with Gasteiger partial charge in [0.05, 0.1) is 11.2 Å². The lowest BCUT2D eigenvalue weighted by Crippen LogP contribution is -2.41. The van der Waals surface area contributed by atoms with E-state index >= 15 is 0 Å². The van der Waals surface area contributed by atoms with Crippen molar-refractivity contribution >= 4 is 29.9 Å². The number of thiophene rings is 1. The summed E-state index contributed by atoms with van der Waals surface area (Å²) in [6, 6.07) is 11.4. The maximum atomic E-state index is 12.2. The van der Waals surface area contributed by atoms with Gasteiger partial charge in [-0.25, -0.2) is 4.79 Å². The summed E-state index contributed by atoms with van der Waals surface area (Å²) in [5.41, 5.74) is 1.03. The summed E-state index contributed by atoms with van der Waals surface area (Å²) >= 11 is 1.35. The van der Waals surface area contributed by atoms with Crippen molar-refractivity contribution in [2.45, 2.75) is 45.5 Å². The molecule has 6 heteroatoms. The first-order valence-electron chi connectivity index (χ1n) is 7.94. The molecule has 0 atom stereocenters.